The van der Waals surface area contributed by atoms with E-state index in [9.17, 15) is 0 Å². The van der Waals surface area contributed by atoms with Crippen LogP contribution in [0.1, 0.15) is 47.2 Å². The molecule has 0 fully saturated rings. The molecule has 4 aromatic heterocycles. The van der Waals surface area contributed by atoms with Gasteiger partial charge in [-0.05, 0) is 147 Å². The van der Waals surface area contributed by atoms with Crippen molar-refractivity contribution in [1.82, 2.24) is 8.80 Å². The Balaban J connectivity index is 1.02. The van der Waals surface area contributed by atoms with Gasteiger partial charge in [-0.25, -0.2) is 0 Å². The summed E-state index contributed by atoms with van der Waals surface area (Å²) < 4.78 is 5.14. The summed E-state index contributed by atoms with van der Waals surface area (Å²) >= 11 is 0. The van der Waals surface area contributed by atoms with Crippen LogP contribution < -0.4 is 9.80 Å². The van der Waals surface area contributed by atoms with Gasteiger partial charge in [-0.3, -0.25) is 0 Å². The molecule has 0 aliphatic rings. The topological polar surface area (TPSA) is 15.3 Å². The molecule has 15 aromatic rings. The Morgan fingerprint density at radius 2 is 0.692 bits per heavy atom. The molecule has 0 unspecified atom stereocenters. The molecule has 0 aliphatic carbocycles. The lowest BCUT2D eigenvalue weighted by atomic mass is 9.96. The molecule has 0 amide bonds. The van der Waals surface area contributed by atoms with Crippen molar-refractivity contribution in [2.75, 3.05) is 9.80 Å². The van der Waals surface area contributed by atoms with E-state index in [0.717, 1.165) is 24.2 Å². The summed E-state index contributed by atoms with van der Waals surface area (Å²) in [5, 5.41) is 10.0. The third-order valence-corrected chi connectivity index (χ3v) is 17.0. The van der Waals surface area contributed by atoms with Crippen molar-refractivity contribution in [2.24, 2.45) is 0 Å². The Labute approximate surface area is 454 Å². The molecule has 0 N–H and O–H groups in total. The number of hydrogen-bond donors (Lipinski definition) is 0. The van der Waals surface area contributed by atoms with Gasteiger partial charge in [0.1, 0.15) is 0 Å². The van der Waals surface area contributed by atoms with Crippen molar-refractivity contribution < 1.29 is 0 Å². The van der Waals surface area contributed by atoms with Gasteiger partial charge in [0.25, 0.3) is 0 Å². The van der Waals surface area contributed by atoms with E-state index in [1.807, 2.05) is 0 Å². The molecular weight excluding hydrogens is 945 g/mol. The normalized spacial score (nSPS) is 12.1. The van der Waals surface area contributed by atoms with Gasteiger partial charge in [0, 0.05) is 65.6 Å². The van der Waals surface area contributed by atoms with Crippen molar-refractivity contribution in [3.8, 4) is 22.3 Å². The number of nitrogens with zero attached hydrogens (tertiary/aromatic N) is 4. The summed E-state index contributed by atoms with van der Waals surface area (Å²) in [6, 6.07) is 82.6. The zero-order chi connectivity index (χ0) is 52.5. The van der Waals surface area contributed by atoms with Crippen molar-refractivity contribution >= 4 is 110 Å². The zero-order valence-electron chi connectivity index (χ0n) is 45.0. The largest absolute Gasteiger partial charge is 0.309 e. The van der Waals surface area contributed by atoms with Crippen LogP contribution >= 0.6 is 0 Å². The fourth-order valence-corrected chi connectivity index (χ4v) is 13.4. The van der Waals surface area contributed by atoms with Gasteiger partial charge in [0.05, 0.1) is 55.8 Å². The van der Waals surface area contributed by atoms with Crippen LogP contribution in [0.4, 0.5) is 34.1 Å². The van der Waals surface area contributed by atoms with Crippen molar-refractivity contribution in [2.45, 2.75) is 54.4 Å². The molecule has 15 rings (SSSR count). The first kappa shape index (κ1) is 46.0. The molecule has 11 aromatic carbocycles. The minimum Gasteiger partial charge on any atom is -0.309 e. The van der Waals surface area contributed by atoms with E-state index in [1.165, 1.54) is 155 Å². The Morgan fingerprint density at radius 3 is 1.10 bits per heavy atom. The van der Waals surface area contributed by atoms with Gasteiger partial charge in [0.15, 0.2) is 0 Å². The van der Waals surface area contributed by atoms with Crippen LogP contribution in [0.25, 0.3) is 98.4 Å². The molecule has 0 saturated heterocycles. The maximum absolute atomic E-state index is 2.57. The lowest BCUT2D eigenvalue weighted by molar-refractivity contribution is 1.14. The molecular formula is C74H58N4. The van der Waals surface area contributed by atoms with Gasteiger partial charge < -0.3 is 18.6 Å². The molecule has 0 saturated carbocycles. The van der Waals surface area contributed by atoms with Gasteiger partial charge in [-0.1, -0.05) is 171 Å². The third kappa shape index (κ3) is 6.72. The molecule has 4 heterocycles. The van der Waals surface area contributed by atoms with E-state index in [2.05, 4.69) is 279 Å². The number of rotatable bonds is 10. The van der Waals surface area contributed by atoms with Gasteiger partial charge in [-0.2, -0.15) is 0 Å². The second kappa shape index (κ2) is 17.6. The Bertz CT molecular complexity index is 4560. The first-order chi connectivity index (χ1) is 38.3. The highest BCUT2D eigenvalue weighted by atomic mass is 15.2. The number of hydrogen-bond acceptors (Lipinski definition) is 2. The maximum Gasteiger partial charge on any atom is 0.0641 e. The van der Waals surface area contributed by atoms with Gasteiger partial charge >= 0.3 is 0 Å². The van der Waals surface area contributed by atoms with Crippen LogP contribution in [-0.4, -0.2) is 8.80 Å². The Kier molecular flexibility index (Phi) is 10.4. The number of para-hydroxylation sites is 2. The van der Waals surface area contributed by atoms with E-state index in [0.29, 0.717) is 0 Å². The minimum atomic E-state index is 0.961. The first-order valence-corrected chi connectivity index (χ1v) is 27.7. The molecule has 0 aliphatic heterocycles. The summed E-state index contributed by atoms with van der Waals surface area (Å²) in [5.74, 6) is 0. The van der Waals surface area contributed by atoms with Crippen LogP contribution in [0.5, 0.6) is 0 Å². The smallest absolute Gasteiger partial charge is 0.0641 e. The average Bonchev–Trinajstić information content (AvgIpc) is 4.41. The molecule has 0 bridgehead atoms. The van der Waals surface area contributed by atoms with Crippen LogP contribution in [0.3, 0.4) is 0 Å². The maximum atomic E-state index is 2.57. The SMILES string of the molecule is CCc1ccc(N(c2ccc(C)cc2C)c2ccc3c4cc5c(cc4n4c6ccccc6c2c34)c2ccc(N(c3ccc(C)cc3C)c3ccc(CC)cc3-c3ccccc3)c3c4ccccc4n5c23)c(-c2ccccc2)c1. The highest BCUT2D eigenvalue weighted by Gasteiger charge is 2.30. The Morgan fingerprint density at radius 1 is 0.308 bits per heavy atom. The third-order valence-electron chi connectivity index (χ3n) is 17.0. The van der Waals surface area contributed by atoms with Crippen LogP contribution in [0.15, 0.2) is 218 Å². The lowest BCUT2D eigenvalue weighted by Gasteiger charge is -2.30. The number of benzene rings is 11. The van der Waals surface area contributed by atoms with Crippen LogP contribution in [-0.2, 0) is 12.8 Å². The average molecular weight is 1000 g/mol. The van der Waals surface area contributed by atoms with Crippen LogP contribution in [0, 0.1) is 27.7 Å². The summed E-state index contributed by atoms with van der Waals surface area (Å²) in [6.45, 7) is 13.4. The zero-order valence-corrected chi connectivity index (χ0v) is 45.0. The predicted molar refractivity (Wildman–Crippen MR) is 334 cm³/mol. The Hall–Kier alpha value is -9.38. The minimum absolute atomic E-state index is 0.961. The monoisotopic (exact) mass is 1000 g/mol. The highest BCUT2D eigenvalue weighted by Crippen LogP contribution is 2.53. The fraction of sp³-hybridized carbons (Fsp3) is 0.108. The second-order valence-electron chi connectivity index (χ2n) is 21.7. The lowest BCUT2D eigenvalue weighted by Crippen LogP contribution is -2.13. The molecule has 374 valence electrons. The van der Waals surface area contributed by atoms with E-state index >= 15 is 0 Å². The van der Waals surface area contributed by atoms with Crippen molar-refractivity contribution in [1.29, 1.82) is 0 Å². The van der Waals surface area contributed by atoms with E-state index < -0.39 is 0 Å². The molecule has 0 atom stereocenters. The van der Waals surface area contributed by atoms with Crippen LogP contribution in [0.2, 0.25) is 0 Å². The number of fused-ring (bicyclic) bond motifs is 12. The molecule has 4 heteroatoms. The molecule has 0 spiro atoms. The molecule has 4 nitrogen and oxygen atoms in total. The van der Waals surface area contributed by atoms with Gasteiger partial charge in [0.2, 0.25) is 0 Å². The summed E-state index contributed by atoms with van der Waals surface area (Å²) in [7, 11) is 0. The summed E-state index contributed by atoms with van der Waals surface area (Å²) in [5.41, 5.74) is 26.8. The van der Waals surface area contributed by atoms with E-state index in [4.69, 9.17) is 0 Å². The predicted octanol–water partition coefficient (Wildman–Crippen LogP) is 20.6. The van der Waals surface area contributed by atoms with E-state index in [-0.39, 0.29) is 0 Å². The molecule has 78 heavy (non-hydrogen) atoms. The fourth-order valence-electron chi connectivity index (χ4n) is 13.4. The van der Waals surface area contributed by atoms with Crippen molar-refractivity contribution in [3.63, 3.8) is 0 Å². The standard InChI is InChI=1S/C74H58N4/c1-7-49-29-35-65(57(41-49)51-19-11-9-12-20-51)75(61-33-27-45(3)39-47(61)5)67-37-31-53-59-43-70-60(44-69(59)77-63-25-17-15-23-55(63)71(67)73(53)77)54-32-38-68(72-56-24-16-18-26-64(56)78(70)74(54)72)76(62-34-28-46(4)40-48(62)6)66-36-30-50(8-2)42-58(66)52-21-13-10-14-22-52/h9-44H,7-8H2,1-6H3. The highest BCUT2D eigenvalue weighted by molar-refractivity contribution is 6.32. The molecule has 0 radical (unpaired) electrons. The quantitative estimate of drug-likeness (QED) is 0.136. The summed E-state index contributed by atoms with van der Waals surface area (Å²) in [4.78, 5) is 5.10. The number of aryl methyl sites for hydroxylation is 6. The number of anilines is 6. The van der Waals surface area contributed by atoms with Gasteiger partial charge in [-0.15, -0.1) is 0 Å². The van der Waals surface area contributed by atoms with Crippen molar-refractivity contribution in [3.05, 3.63) is 252 Å². The van der Waals surface area contributed by atoms with E-state index in [1.54, 1.807) is 0 Å². The first-order valence-electron chi connectivity index (χ1n) is 27.7. The summed E-state index contributed by atoms with van der Waals surface area (Å²) in [6.07, 6.45) is 1.92. The second-order valence-corrected chi connectivity index (χ2v) is 21.7. The number of aromatic nitrogens is 2.